The Morgan fingerprint density at radius 2 is 2.05 bits per heavy atom. The Kier molecular flexibility index (Phi) is 6.01. The summed E-state index contributed by atoms with van der Waals surface area (Å²) in [6.07, 6.45) is 1.45. The van der Waals surface area contributed by atoms with Gasteiger partial charge in [-0.3, -0.25) is 5.32 Å². The van der Waals surface area contributed by atoms with Crippen LogP contribution in [0.2, 0.25) is 0 Å². The Morgan fingerprint density at radius 1 is 1.25 bits per heavy atom. The van der Waals surface area contributed by atoms with Crippen LogP contribution in [0.4, 0.5) is 9.93 Å². The largest absolute Gasteiger partial charge is 0.450 e. The number of anilines is 1. The van der Waals surface area contributed by atoms with Gasteiger partial charge in [0.2, 0.25) is 5.13 Å². The van der Waals surface area contributed by atoms with Crippen LogP contribution < -0.4 is 5.32 Å². The highest BCUT2D eigenvalue weighted by Gasteiger charge is 2.10. The van der Waals surface area contributed by atoms with E-state index in [0.717, 1.165) is 13.7 Å². The molecule has 0 aliphatic rings. The van der Waals surface area contributed by atoms with Crippen LogP contribution in [0.25, 0.3) is 0 Å². The number of carbonyl (C=O) groups excluding carboxylic acids is 1. The van der Waals surface area contributed by atoms with Gasteiger partial charge in [0.1, 0.15) is 5.01 Å². The summed E-state index contributed by atoms with van der Waals surface area (Å²) in [5.41, 5.74) is 0. The van der Waals surface area contributed by atoms with Gasteiger partial charge in [0, 0.05) is 0 Å². The highest BCUT2D eigenvalue weighted by molar-refractivity contribution is 8.01. The number of carbonyl (C=O) groups is 1. The number of hydrogen-bond donors (Lipinski definition) is 1. The smallest absolute Gasteiger partial charge is 0.413 e. The molecule has 0 fully saturated rings. The van der Waals surface area contributed by atoms with Gasteiger partial charge in [-0.2, -0.15) is 0 Å². The quantitative estimate of drug-likeness (QED) is 0.629. The third-order valence-electron chi connectivity index (χ3n) is 1.83. The fourth-order valence-electron chi connectivity index (χ4n) is 1.08. The molecule has 2 aromatic rings. The van der Waals surface area contributed by atoms with Crippen LogP contribution in [0, 0.1) is 0 Å². The summed E-state index contributed by atoms with van der Waals surface area (Å²) in [5.74, 6) is 0.687. The van der Waals surface area contributed by atoms with E-state index in [9.17, 15) is 4.79 Å². The van der Waals surface area contributed by atoms with E-state index >= 15 is 0 Å². The van der Waals surface area contributed by atoms with Gasteiger partial charge in [-0.15, -0.1) is 20.4 Å². The van der Waals surface area contributed by atoms with Crippen molar-refractivity contribution in [1.82, 2.24) is 20.4 Å². The lowest BCUT2D eigenvalue weighted by Crippen LogP contribution is -2.12. The first-order chi connectivity index (χ1) is 9.71. The second-order valence-corrected chi connectivity index (χ2v) is 7.49. The molecule has 108 valence electrons. The summed E-state index contributed by atoms with van der Waals surface area (Å²) in [7, 11) is 0. The lowest BCUT2D eigenvalue weighted by molar-refractivity contribution is 0.168. The molecule has 0 unspecified atom stereocenters. The zero-order valence-electron chi connectivity index (χ0n) is 10.7. The van der Waals surface area contributed by atoms with E-state index < -0.39 is 6.09 Å². The van der Waals surface area contributed by atoms with E-state index in [-0.39, 0.29) is 0 Å². The minimum atomic E-state index is -0.520. The fourth-order valence-corrected chi connectivity index (χ4v) is 4.11. The maximum Gasteiger partial charge on any atom is 0.413 e. The molecule has 0 aliphatic carbocycles. The monoisotopic (exact) mass is 349 g/mol. The van der Waals surface area contributed by atoms with Crippen molar-refractivity contribution in [2.75, 3.05) is 18.2 Å². The van der Waals surface area contributed by atoms with E-state index in [0.29, 0.717) is 17.5 Å². The van der Waals surface area contributed by atoms with Crippen molar-refractivity contribution in [3.8, 4) is 0 Å². The number of thioether (sulfide) groups is 2. The maximum absolute atomic E-state index is 11.2. The van der Waals surface area contributed by atoms with E-state index in [2.05, 4.69) is 25.7 Å². The third kappa shape index (κ3) is 4.58. The zero-order valence-corrected chi connectivity index (χ0v) is 13.9. The molecule has 20 heavy (non-hydrogen) atoms. The first-order valence-corrected chi connectivity index (χ1v) is 9.32. The second-order valence-electron chi connectivity index (χ2n) is 3.17. The average Bonchev–Trinajstić information content (AvgIpc) is 3.05. The van der Waals surface area contributed by atoms with Crippen LogP contribution in [-0.2, 0) is 10.5 Å². The Labute approximate surface area is 131 Å². The van der Waals surface area contributed by atoms with Crippen LogP contribution >= 0.6 is 46.2 Å². The van der Waals surface area contributed by atoms with Crippen molar-refractivity contribution in [2.45, 2.75) is 21.4 Å². The van der Waals surface area contributed by atoms with Crippen molar-refractivity contribution in [3.63, 3.8) is 0 Å². The number of hydrogen-bond acceptors (Lipinski definition) is 10. The Hall–Kier alpha value is -0.910. The summed E-state index contributed by atoms with van der Waals surface area (Å²) in [5, 5.41) is 19.8. The molecule has 0 saturated heterocycles. The minimum Gasteiger partial charge on any atom is -0.450 e. The van der Waals surface area contributed by atoms with Gasteiger partial charge < -0.3 is 4.74 Å². The zero-order chi connectivity index (χ0) is 14.4. The number of amides is 1. The lowest BCUT2D eigenvalue weighted by Gasteiger charge is -1.99. The minimum absolute atomic E-state index is 0.321. The van der Waals surface area contributed by atoms with Crippen molar-refractivity contribution in [1.29, 1.82) is 0 Å². The summed E-state index contributed by atoms with van der Waals surface area (Å²) >= 11 is 5.95. The van der Waals surface area contributed by atoms with Gasteiger partial charge in [0.25, 0.3) is 0 Å². The summed E-state index contributed by atoms with van der Waals surface area (Å²) < 4.78 is 6.47. The summed E-state index contributed by atoms with van der Waals surface area (Å²) in [6.45, 7) is 2.06. The maximum atomic E-state index is 11.2. The average molecular weight is 349 g/mol. The number of aromatic nitrogens is 4. The number of rotatable bonds is 6. The van der Waals surface area contributed by atoms with Crippen molar-refractivity contribution in [2.24, 2.45) is 0 Å². The Bertz CT molecular complexity index is 572. The molecule has 0 spiro atoms. The van der Waals surface area contributed by atoms with E-state index in [4.69, 9.17) is 4.74 Å². The molecule has 0 saturated carbocycles. The topological polar surface area (TPSA) is 89.9 Å². The Balaban J connectivity index is 1.84. The molecule has 1 N–H and O–H groups in total. The van der Waals surface area contributed by atoms with Crippen molar-refractivity contribution < 1.29 is 9.53 Å². The Morgan fingerprint density at radius 3 is 2.75 bits per heavy atom. The van der Waals surface area contributed by atoms with Gasteiger partial charge in [0.05, 0.1) is 12.4 Å². The summed E-state index contributed by atoms with van der Waals surface area (Å²) in [6, 6.07) is 0. The first kappa shape index (κ1) is 15.5. The third-order valence-corrected chi connectivity index (χ3v) is 5.90. The van der Waals surface area contributed by atoms with E-state index in [1.165, 1.54) is 23.1 Å². The normalized spacial score (nSPS) is 10.5. The highest BCUT2D eigenvalue weighted by atomic mass is 32.2. The van der Waals surface area contributed by atoms with Crippen LogP contribution in [0.1, 0.15) is 11.9 Å². The molecule has 0 bridgehead atoms. The molecule has 2 aromatic heterocycles. The van der Waals surface area contributed by atoms with Gasteiger partial charge in [-0.25, -0.2) is 4.79 Å². The predicted molar refractivity (Wildman–Crippen MR) is 81.8 cm³/mol. The van der Waals surface area contributed by atoms with Crippen LogP contribution in [-0.4, -0.2) is 39.4 Å². The van der Waals surface area contributed by atoms with Gasteiger partial charge in [-0.1, -0.05) is 46.2 Å². The van der Waals surface area contributed by atoms with E-state index in [1.807, 2.05) is 6.26 Å². The SMILES string of the molecule is CCOC(=O)Nc1nnc(SCc2nnc(SC)s2)s1. The standard InChI is InChI=1S/C9H11N5O2S4/c1-3-16-7(15)10-6-12-14-9(20-6)18-4-5-11-13-8(17-2)19-5/h3-4H2,1-2H3,(H,10,12,15). The second kappa shape index (κ2) is 7.76. The number of ether oxygens (including phenoxy) is 1. The molecule has 0 atom stereocenters. The molecule has 7 nitrogen and oxygen atoms in total. The highest BCUT2D eigenvalue weighted by Crippen LogP contribution is 2.30. The predicted octanol–water partition coefficient (Wildman–Crippen LogP) is 2.97. The van der Waals surface area contributed by atoms with Crippen LogP contribution in [0.3, 0.4) is 0 Å². The molecule has 11 heteroatoms. The number of nitrogens with one attached hydrogen (secondary N) is 1. The van der Waals surface area contributed by atoms with Crippen molar-refractivity contribution >= 4 is 57.4 Å². The van der Waals surface area contributed by atoms with E-state index in [1.54, 1.807) is 30.0 Å². The molecule has 1 amide bonds. The fraction of sp³-hybridized carbons (Fsp3) is 0.444. The summed E-state index contributed by atoms with van der Waals surface area (Å²) in [4.78, 5) is 11.2. The van der Waals surface area contributed by atoms with Crippen LogP contribution in [0.15, 0.2) is 8.68 Å². The van der Waals surface area contributed by atoms with Crippen LogP contribution in [0.5, 0.6) is 0 Å². The lowest BCUT2D eigenvalue weighted by atomic mass is 10.9. The molecular weight excluding hydrogens is 338 g/mol. The van der Waals surface area contributed by atoms with Gasteiger partial charge in [-0.05, 0) is 13.2 Å². The first-order valence-electron chi connectivity index (χ1n) is 5.47. The van der Waals surface area contributed by atoms with Crippen molar-refractivity contribution in [3.05, 3.63) is 5.01 Å². The number of nitrogens with zero attached hydrogens (tertiary/aromatic N) is 4. The van der Waals surface area contributed by atoms with Gasteiger partial charge >= 0.3 is 6.09 Å². The van der Waals surface area contributed by atoms with Gasteiger partial charge in [0.15, 0.2) is 8.68 Å². The molecule has 0 aliphatic heterocycles. The molecule has 2 heterocycles. The molecule has 0 radical (unpaired) electrons. The molecule has 2 rings (SSSR count). The molecule has 0 aromatic carbocycles. The molecular formula is C9H11N5O2S4.